The van der Waals surface area contributed by atoms with Crippen molar-refractivity contribution < 1.29 is 9.53 Å². The van der Waals surface area contributed by atoms with Gasteiger partial charge in [0.1, 0.15) is 5.69 Å². The van der Waals surface area contributed by atoms with Crippen molar-refractivity contribution >= 4 is 16.9 Å². The molecule has 0 unspecified atom stereocenters. The van der Waals surface area contributed by atoms with Crippen LogP contribution in [0.5, 0.6) is 0 Å². The molecule has 126 valence electrons. The van der Waals surface area contributed by atoms with Gasteiger partial charge in [-0.3, -0.25) is 0 Å². The number of nitrogens with zero attached hydrogens (tertiary/aromatic N) is 3. The largest absolute Gasteiger partial charge is 0.465 e. The van der Waals surface area contributed by atoms with Crippen LogP contribution in [0.4, 0.5) is 0 Å². The van der Waals surface area contributed by atoms with Gasteiger partial charge in [0.25, 0.3) is 0 Å². The third kappa shape index (κ3) is 2.91. The Balaban J connectivity index is 1.81. The molecule has 2 aromatic carbocycles. The standard InChI is InChI=1S/C21H15N3O2/c1-26-21(25)16-9-4-3-8-15(16)18-11-6-12-19(23-18)20-22-13-14-7-2-5-10-17(14)24-20/h2-13H,1H3. The second kappa shape index (κ2) is 6.72. The second-order valence-corrected chi connectivity index (χ2v) is 5.70. The van der Waals surface area contributed by atoms with Gasteiger partial charge in [0, 0.05) is 17.1 Å². The molecule has 26 heavy (non-hydrogen) atoms. The van der Waals surface area contributed by atoms with E-state index in [0.29, 0.717) is 28.3 Å². The number of methoxy groups -OCH3 is 1. The van der Waals surface area contributed by atoms with Gasteiger partial charge in [-0.25, -0.2) is 19.7 Å². The zero-order chi connectivity index (χ0) is 17.9. The lowest BCUT2D eigenvalue weighted by atomic mass is 10.0. The van der Waals surface area contributed by atoms with Gasteiger partial charge in [0.05, 0.1) is 23.9 Å². The number of fused-ring (bicyclic) bond motifs is 1. The first-order valence-electron chi connectivity index (χ1n) is 8.13. The normalized spacial score (nSPS) is 10.7. The summed E-state index contributed by atoms with van der Waals surface area (Å²) in [6.45, 7) is 0. The third-order valence-corrected chi connectivity index (χ3v) is 4.08. The number of benzene rings is 2. The van der Waals surface area contributed by atoms with E-state index in [0.717, 1.165) is 10.9 Å². The molecule has 4 aromatic rings. The molecule has 0 fully saturated rings. The first-order valence-corrected chi connectivity index (χ1v) is 8.13. The number of rotatable bonds is 3. The number of hydrogen-bond donors (Lipinski definition) is 0. The minimum absolute atomic E-state index is 0.394. The molecule has 2 heterocycles. The Kier molecular flexibility index (Phi) is 4.11. The molecule has 5 heteroatoms. The Morgan fingerprint density at radius 2 is 1.62 bits per heavy atom. The Labute approximate surface area is 150 Å². The monoisotopic (exact) mass is 341 g/mol. The van der Waals surface area contributed by atoms with Crippen LogP contribution in [0.1, 0.15) is 10.4 Å². The Bertz CT molecular complexity index is 1110. The van der Waals surface area contributed by atoms with Crippen LogP contribution >= 0.6 is 0 Å². The highest BCUT2D eigenvalue weighted by molar-refractivity contribution is 5.96. The van der Waals surface area contributed by atoms with Gasteiger partial charge in [-0.1, -0.05) is 42.5 Å². The van der Waals surface area contributed by atoms with Gasteiger partial charge in [-0.05, 0) is 24.3 Å². The average molecular weight is 341 g/mol. The summed E-state index contributed by atoms with van der Waals surface area (Å²) in [5, 5.41) is 0.975. The first kappa shape index (κ1) is 15.9. The van der Waals surface area contributed by atoms with Crippen molar-refractivity contribution in [2.24, 2.45) is 0 Å². The van der Waals surface area contributed by atoms with Crippen molar-refractivity contribution in [2.75, 3.05) is 7.11 Å². The summed E-state index contributed by atoms with van der Waals surface area (Å²) in [7, 11) is 1.37. The fourth-order valence-corrected chi connectivity index (χ4v) is 2.80. The van der Waals surface area contributed by atoms with Crippen molar-refractivity contribution in [3.05, 3.63) is 78.5 Å². The van der Waals surface area contributed by atoms with Crippen molar-refractivity contribution in [3.63, 3.8) is 0 Å². The maximum atomic E-state index is 12.0. The molecule has 0 aliphatic rings. The number of carbonyl (C=O) groups excluding carboxylic acids is 1. The number of hydrogen-bond acceptors (Lipinski definition) is 5. The molecule has 0 bridgehead atoms. The van der Waals surface area contributed by atoms with Gasteiger partial charge in [-0.15, -0.1) is 0 Å². The van der Waals surface area contributed by atoms with E-state index >= 15 is 0 Å². The molecule has 0 aliphatic carbocycles. The molecular formula is C21H15N3O2. The lowest BCUT2D eigenvalue weighted by molar-refractivity contribution is 0.0601. The highest BCUT2D eigenvalue weighted by atomic mass is 16.5. The summed E-state index contributed by atoms with van der Waals surface area (Å²) >= 11 is 0. The highest BCUT2D eigenvalue weighted by Gasteiger charge is 2.14. The van der Waals surface area contributed by atoms with Gasteiger partial charge < -0.3 is 4.74 Å². The summed E-state index contributed by atoms with van der Waals surface area (Å²) in [5.41, 5.74) is 3.36. The van der Waals surface area contributed by atoms with Crippen molar-refractivity contribution in [3.8, 4) is 22.8 Å². The molecule has 0 saturated heterocycles. The van der Waals surface area contributed by atoms with Crippen LogP contribution in [0, 0.1) is 0 Å². The molecule has 2 aromatic heterocycles. The van der Waals surface area contributed by atoms with Crippen molar-refractivity contribution in [1.82, 2.24) is 15.0 Å². The Morgan fingerprint density at radius 1 is 0.846 bits per heavy atom. The molecular weight excluding hydrogens is 326 g/mol. The maximum absolute atomic E-state index is 12.0. The van der Waals surface area contributed by atoms with Crippen LogP contribution in [0.15, 0.2) is 72.9 Å². The summed E-state index contributed by atoms with van der Waals surface area (Å²) in [4.78, 5) is 25.7. The molecule has 0 aliphatic heterocycles. The molecule has 0 saturated carbocycles. The first-order chi connectivity index (χ1) is 12.8. The second-order valence-electron chi connectivity index (χ2n) is 5.70. The minimum atomic E-state index is -0.394. The molecule has 0 N–H and O–H groups in total. The van der Waals surface area contributed by atoms with E-state index < -0.39 is 5.97 Å². The molecule has 0 spiro atoms. The zero-order valence-corrected chi connectivity index (χ0v) is 14.1. The van der Waals surface area contributed by atoms with Crippen LogP contribution in [0.25, 0.3) is 33.7 Å². The van der Waals surface area contributed by atoms with Gasteiger partial charge >= 0.3 is 5.97 Å². The Morgan fingerprint density at radius 3 is 2.50 bits per heavy atom. The maximum Gasteiger partial charge on any atom is 0.338 e. The average Bonchev–Trinajstić information content (AvgIpc) is 2.73. The van der Waals surface area contributed by atoms with E-state index in [1.165, 1.54) is 7.11 Å². The SMILES string of the molecule is COC(=O)c1ccccc1-c1cccc(-c2ncc3ccccc3n2)n1. The van der Waals surface area contributed by atoms with Crippen LogP contribution in [-0.2, 0) is 4.74 Å². The topological polar surface area (TPSA) is 65.0 Å². The Hall–Kier alpha value is -3.60. The number of pyridine rings is 1. The van der Waals surface area contributed by atoms with Gasteiger partial charge in [0.2, 0.25) is 0 Å². The fourth-order valence-electron chi connectivity index (χ4n) is 2.80. The fraction of sp³-hybridized carbons (Fsp3) is 0.0476. The van der Waals surface area contributed by atoms with E-state index in [9.17, 15) is 4.79 Å². The van der Waals surface area contributed by atoms with Crippen molar-refractivity contribution in [2.45, 2.75) is 0 Å². The molecule has 0 amide bonds. The van der Waals surface area contributed by atoms with E-state index in [1.54, 1.807) is 18.3 Å². The lowest BCUT2D eigenvalue weighted by Gasteiger charge is -2.08. The third-order valence-electron chi connectivity index (χ3n) is 4.08. The summed E-state index contributed by atoms with van der Waals surface area (Å²) in [6.07, 6.45) is 1.79. The van der Waals surface area contributed by atoms with Crippen LogP contribution in [0.3, 0.4) is 0 Å². The number of aromatic nitrogens is 3. The molecule has 5 nitrogen and oxygen atoms in total. The number of ether oxygens (including phenoxy) is 1. The van der Waals surface area contributed by atoms with E-state index in [4.69, 9.17) is 4.74 Å². The molecule has 4 rings (SSSR count). The summed E-state index contributed by atoms with van der Waals surface area (Å²) in [6, 6.07) is 20.6. The lowest BCUT2D eigenvalue weighted by Crippen LogP contribution is -2.04. The summed E-state index contributed by atoms with van der Waals surface area (Å²) in [5.74, 6) is 0.149. The van der Waals surface area contributed by atoms with E-state index in [1.807, 2.05) is 54.6 Å². The molecule has 0 radical (unpaired) electrons. The highest BCUT2D eigenvalue weighted by Crippen LogP contribution is 2.25. The molecule has 0 atom stereocenters. The number of esters is 1. The van der Waals surface area contributed by atoms with Crippen LogP contribution in [0.2, 0.25) is 0 Å². The van der Waals surface area contributed by atoms with Gasteiger partial charge in [-0.2, -0.15) is 0 Å². The predicted octanol–water partition coefficient (Wildman–Crippen LogP) is 4.15. The predicted molar refractivity (Wildman–Crippen MR) is 99.5 cm³/mol. The minimum Gasteiger partial charge on any atom is -0.465 e. The van der Waals surface area contributed by atoms with Crippen molar-refractivity contribution in [1.29, 1.82) is 0 Å². The van der Waals surface area contributed by atoms with Gasteiger partial charge in [0.15, 0.2) is 5.82 Å². The number of para-hydroxylation sites is 1. The zero-order valence-electron chi connectivity index (χ0n) is 14.1. The van der Waals surface area contributed by atoms with Crippen LogP contribution < -0.4 is 0 Å². The summed E-state index contributed by atoms with van der Waals surface area (Å²) < 4.78 is 4.87. The quantitative estimate of drug-likeness (QED) is 0.524. The van der Waals surface area contributed by atoms with E-state index in [-0.39, 0.29) is 0 Å². The number of carbonyl (C=O) groups is 1. The van der Waals surface area contributed by atoms with E-state index in [2.05, 4.69) is 15.0 Å². The van der Waals surface area contributed by atoms with Crippen LogP contribution in [-0.4, -0.2) is 28.0 Å². The smallest absolute Gasteiger partial charge is 0.338 e.